The smallest absolute Gasteiger partial charge is 0.263 e. The molecular weight excluding hydrogens is 374 g/mol. The van der Waals surface area contributed by atoms with Crippen molar-refractivity contribution < 1.29 is 14.3 Å². The van der Waals surface area contributed by atoms with E-state index in [2.05, 4.69) is 15.6 Å². The maximum Gasteiger partial charge on any atom is 0.263 e. The summed E-state index contributed by atoms with van der Waals surface area (Å²) in [4.78, 5) is 17.5. The second-order valence-corrected chi connectivity index (χ2v) is 7.05. The molecule has 0 aliphatic carbocycles. The van der Waals surface area contributed by atoms with Crippen molar-refractivity contribution in [3.63, 3.8) is 0 Å². The van der Waals surface area contributed by atoms with E-state index in [1.165, 1.54) is 11.3 Å². The monoisotopic (exact) mass is 397 g/mol. The molecule has 3 rings (SSSR count). The van der Waals surface area contributed by atoms with E-state index in [0.717, 1.165) is 17.0 Å². The number of hydrogen-bond donors (Lipinski definition) is 2. The van der Waals surface area contributed by atoms with Crippen LogP contribution in [0.3, 0.4) is 0 Å². The van der Waals surface area contributed by atoms with Crippen molar-refractivity contribution >= 4 is 28.1 Å². The Hall–Kier alpha value is -2.90. The lowest BCUT2D eigenvalue weighted by atomic mass is 10.2. The SMILES string of the molecule is COc1ccccc1Nc1nc(C)c(C(=O)NCCOCc2ccccc2)s1. The highest BCUT2D eigenvalue weighted by atomic mass is 32.1. The second-order valence-electron chi connectivity index (χ2n) is 6.05. The van der Waals surface area contributed by atoms with Gasteiger partial charge >= 0.3 is 0 Å². The van der Waals surface area contributed by atoms with Gasteiger partial charge in [-0.3, -0.25) is 4.79 Å². The summed E-state index contributed by atoms with van der Waals surface area (Å²) >= 11 is 1.31. The van der Waals surface area contributed by atoms with Crippen molar-refractivity contribution in [2.75, 3.05) is 25.6 Å². The lowest BCUT2D eigenvalue weighted by molar-refractivity contribution is 0.0904. The quantitative estimate of drug-likeness (QED) is 0.531. The molecule has 1 heterocycles. The van der Waals surface area contributed by atoms with Gasteiger partial charge in [-0.25, -0.2) is 4.98 Å². The Kier molecular flexibility index (Phi) is 7.00. The van der Waals surface area contributed by atoms with Crippen molar-refractivity contribution in [1.82, 2.24) is 10.3 Å². The molecule has 0 fully saturated rings. The highest BCUT2D eigenvalue weighted by Gasteiger charge is 2.15. The van der Waals surface area contributed by atoms with E-state index >= 15 is 0 Å². The Labute approximate surface area is 168 Å². The number of benzene rings is 2. The first kappa shape index (κ1) is 19.9. The van der Waals surface area contributed by atoms with Gasteiger partial charge < -0.3 is 20.1 Å². The number of methoxy groups -OCH3 is 1. The van der Waals surface area contributed by atoms with Gasteiger partial charge in [-0.05, 0) is 24.6 Å². The third-order valence-corrected chi connectivity index (χ3v) is 5.07. The van der Waals surface area contributed by atoms with Crippen molar-refractivity contribution in [2.24, 2.45) is 0 Å². The number of para-hydroxylation sites is 2. The molecule has 0 saturated heterocycles. The first-order chi connectivity index (χ1) is 13.7. The third kappa shape index (κ3) is 5.31. The van der Waals surface area contributed by atoms with E-state index in [0.29, 0.717) is 35.5 Å². The number of aromatic nitrogens is 1. The number of anilines is 2. The molecule has 2 aromatic carbocycles. The van der Waals surface area contributed by atoms with E-state index < -0.39 is 0 Å². The Morgan fingerprint density at radius 3 is 2.64 bits per heavy atom. The van der Waals surface area contributed by atoms with Crippen molar-refractivity contribution in [2.45, 2.75) is 13.5 Å². The summed E-state index contributed by atoms with van der Waals surface area (Å²) < 4.78 is 10.9. The summed E-state index contributed by atoms with van der Waals surface area (Å²) in [6.07, 6.45) is 0. The average Bonchev–Trinajstić information content (AvgIpc) is 3.09. The molecule has 0 saturated carbocycles. The van der Waals surface area contributed by atoms with Crippen LogP contribution in [0, 0.1) is 6.92 Å². The molecule has 0 aliphatic rings. The third-order valence-electron chi connectivity index (χ3n) is 3.99. The van der Waals surface area contributed by atoms with Crippen LogP contribution >= 0.6 is 11.3 Å². The van der Waals surface area contributed by atoms with Gasteiger partial charge in [0.15, 0.2) is 5.13 Å². The summed E-state index contributed by atoms with van der Waals surface area (Å²) in [7, 11) is 1.62. The Morgan fingerprint density at radius 2 is 1.86 bits per heavy atom. The van der Waals surface area contributed by atoms with Gasteiger partial charge in [0.1, 0.15) is 10.6 Å². The van der Waals surface area contributed by atoms with Crippen molar-refractivity contribution in [3.8, 4) is 5.75 Å². The molecule has 146 valence electrons. The van der Waals surface area contributed by atoms with Gasteiger partial charge in [0, 0.05) is 6.54 Å². The van der Waals surface area contributed by atoms with Gasteiger partial charge in [-0.15, -0.1) is 0 Å². The van der Waals surface area contributed by atoms with Crippen LogP contribution in [0.15, 0.2) is 54.6 Å². The van der Waals surface area contributed by atoms with Crippen LogP contribution in [0.1, 0.15) is 20.9 Å². The minimum atomic E-state index is -0.147. The summed E-state index contributed by atoms with van der Waals surface area (Å²) in [5, 5.41) is 6.74. The van der Waals surface area contributed by atoms with E-state index in [4.69, 9.17) is 9.47 Å². The number of nitrogens with one attached hydrogen (secondary N) is 2. The lowest BCUT2D eigenvalue weighted by Gasteiger charge is -2.08. The average molecular weight is 398 g/mol. The number of aryl methyl sites for hydroxylation is 1. The van der Waals surface area contributed by atoms with Gasteiger partial charge in [0.05, 0.1) is 31.7 Å². The van der Waals surface area contributed by atoms with Crippen LogP contribution in [-0.4, -0.2) is 31.2 Å². The maximum atomic E-state index is 12.4. The van der Waals surface area contributed by atoms with E-state index in [-0.39, 0.29) is 5.91 Å². The molecule has 6 nitrogen and oxygen atoms in total. The summed E-state index contributed by atoms with van der Waals surface area (Å²) in [5.74, 6) is 0.573. The molecule has 1 amide bonds. The van der Waals surface area contributed by atoms with Crippen molar-refractivity contribution in [3.05, 3.63) is 70.7 Å². The van der Waals surface area contributed by atoms with Crippen LogP contribution in [0.4, 0.5) is 10.8 Å². The molecule has 0 aliphatic heterocycles. The zero-order valence-corrected chi connectivity index (χ0v) is 16.7. The fourth-order valence-electron chi connectivity index (χ4n) is 2.60. The zero-order valence-electron chi connectivity index (χ0n) is 15.9. The van der Waals surface area contributed by atoms with Gasteiger partial charge in [0.2, 0.25) is 0 Å². The second kappa shape index (κ2) is 9.87. The van der Waals surface area contributed by atoms with Crippen LogP contribution in [-0.2, 0) is 11.3 Å². The predicted molar refractivity (Wildman–Crippen MR) is 112 cm³/mol. The lowest BCUT2D eigenvalue weighted by Crippen LogP contribution is -2.27. The van der Waals surface area contributed by atoms with Gasteiger partial charge in [-0.2, -0.15) is 0 Å². The Morgan fingerprint density at radius 1 is 1.11 bits per heavy atom. The standard InChI is InChI=1S/C21H23N3O3S/c1-15-19(20(25)22-12-13-27-14-16-8-4-3-5-9-16)28-21(23-15)24-17-10-6-7-11-18(17)26-2/h3-11H,12-14H2,1-2H3,(H,22,25)(H,23,24). The molecule has 0 spiro atoms. The Balaban J connectivity index is 1.50. The van der Waals surface area contributed by atoms with Gasteiger partial charge in [-0.1, -0.05) is 53.8 Å². The Bertz CT molecular complexity index is 912. The first-order valence-corrected chi connectivity index (χ1v) is 9.76. The molecule has 2 N–H and O–H groups in total. The fourth-order valence-corrected chi connectivity index (χ4v) is 3.50. The number of thiazole rings is 1. The molecule has 1 aromatic heterocycles. The van der Waals surface area contributed by atoms with Crippen LogP contribution in [0.25, 0.3) is 0 Å². The number of ether oxygens (including phenoxy) is 2. The topological polar surface area (TPSA) is 72.5 Å². The van der Waals surface area contributed by atoms with E-state index in [1.807, 2.05) is 61.5 Å². The molecular formula is C21H23N3O3S. The molecule has 0 atom stereocenters. The number of nitrogens with zero attached hydrogens (tertiary/aromatic N) is 1. The van der Waals surface area contributed by atoms with E-state index in [9.17, 15) is 4.79 Å². The number of hydrogen-bond acceptors (Lipinski definition) is 6. The largest absolute Gasteiger partial charge is 0.495 e. The minimum absolute atomic E-state index is 0.147. The normalized spacial score (nSPS) is 10.5. The van der Waals surface area contributed by atoms with Crippen LogP contribution < -0.4 is 15.4 Å². The maximum absolute atomic E-state index is 12.4. The van der Waals surface area contributed by atoms with E-state index in [1.54, 1.807) is 7.11 Å². The van der Waals surface area contributed by atoms with Crippen LogP contribution in [0.2, 0.25) is 0 Å². The highest BCUT2D eigenvalue weighted by Crippen LogP contribution is 2.30. The summed E-state index contributed by atoms with van der Waals surface area (Å²) in [5.41, 5.74) is 2.60. The first-order valence-electron chi connectivity index (χ1n) is 8.94. The number of rotatable bonds is 9. The number of carbonyl (C=O) groups excluding carboxylic acids is 1. The van der Waals surface area contributed by atoms with Gasteiger partial charge in [0.25, 0.3) is 5.91 Å². The molecule has 7 heteroatoms. The molecule has 0 radical (unpaired) electrons. The summed E-state index contributed by atoms with van der Waals surface area (Å²) in [6, 6.07) is 17.5. The number of amides is 1. The van der Waals surface area contributed by atoms with Crippen LogP contribution in [0.5, 0.6) is 5.75 Å². The predicted octanol–water partition coefficient (Wildman–Crippen LogP) is 4.15. The minimum Gasteiger partial charge on any atom is -0.495 e. The van der Waals surface area contributed by atoms with Crippen molar-refractivity contribution in [1.29, 1.82) is 0 Å². The summed E-state index contributed by atoms with van der Waals surface area (Å²) in [6.45, 7) is 3.25. The molecule has 3 aromatic rings. The zero-order chi connectivity index (χ0) is 19.8. The fraction of sp³-hybridized carbons (Fsp3) is 0.238. The number of carbonyl (C=O) groups is 1. The highest BCUT2D eigenvalue weighted by molar-refractivity contribution is 7.17. The molecule has 28 heavy (non-hydrogen) atoms. The molecule has 0 bridgehead atoms. The molecule has 0 unspecified atom stereocenters.